The Morgan fingerprint density at radius 3 is 2.88 bits per heavy atom. The van der Waals surface area contributed by atoms with Crippen molar-refractivity contribution in [2.45, 2.75) is 6.92 Å². The van der Waals surface area contributed by atoms with Crippen LogP contribution in [0, 0.1) is 6.92 Å². The summed E-state index contributed by atoms with van der Waals surface area (Å²) in [5, 5.41) is 8.94. The van der Waals surface area contributed by atoms with Crippen molar-refractivity contribution in [1.29, 1.82) is 0 Å². The first kappa shape index (κ1) is 21.0. The second-order valence-corrected chi connectivity index (χ2v) is 7.64. The van der Waals surface area contributed by atoms with E-state index in [2.05, 4.69) is 9.97 Å². The molecule has 4 aromatic rings. The van der Waals surface area contributed by atoms with Crippen LogP contribution in [0.25, 0.3) is 28.3 Å². The summed E-state index contributed by atoms with van der Waals surface area (Å²) in [4.78, 5) is 27.8. The molecular weight excluding hydrogens is 422 g/mol. The Morgan fingerprint density at radius 1 is 1.12 bits per heavy atom. The molecule has 1 amide bonds. The number of aliphatic hydroxyl groups excluding tert-OH is 1. The molecule has 0 aliphatic carbocycles. The normalized spacial score (nSPS) is 13.3. The lowest BCUT2D eigenvalue weighted by Crippen LogP contribution is -2.40. The third-order valence-corrected chi connectivity index (χ3v) is 5.44. The molecule has 1 N–H and O–H groups in total. The van der Waals surface area contributed by atoms with Crippen molar-refractivity contribution in [1.82, 2.24) is 19.4 Å². The summed E-state index contributed by atoms with van der Waals surface area (Å²) in [6, 6.07) is 11.5. The van der Waals surface area contributed by atoms with Crippen LogP contribution in [0.5, 0.6) is 5.75 Å². The fraction of sp³-hybridized carbons (Fsp3) is 0.250. The zero-order valence-electron chi connectivity index (χ0n) is 18.1. The molecule has 0 saturated carbocycles. The number of hydrogen-bond acceptors (Lipinski definition) is 7. The van der Waals surface area contributed by atoms with Gasteiger partial charge in [-0.1, -0.05) is 0 Å². The van der Waals surface area contributed by atoms with Crippen LogP contribution in [0.2, 0.25) is 0 Å². The number of aromatic nitrogens is 4. The molecule has 168 valence electrons. The van der Waals surface area contributed by atoms with Crippen molar-refractivity contribution in [2.75, 3.05) is 37.9 Å². The van der Waals surface area contributed by atoms with Gasteiger partial charge in [0.25, 0.3) is 5.91 Å². The Kier molecular flexibility index (Phi) is 5.72. The van der Waals surface area contributed by atoms with E-state index in [1.807, 2.05) is 53.9 Å². The summed E-state index contributed by atoms with van der Waals surface area (Å²) in [6.07, 6.45) is 5.39. The van der Waals surface area contributed by atoms with E-state index in [1.54, 1.807) is 17.3 Å². The Balaban J connectivity index is 1.62. The minimum absolute atomic E-state index is 0.0204. The lowest BCUT2D eigenvalue weighted by atomic mass is 10.0. The maximum atomic E-state index is 12.6. The average molecular weight is 445 g/mol. The molecule has 3 aromatic heterocycles. The number of carbonyl (C=O) groups excluding carboxylic acids is 1. The van der Waals surface area contributed by atoms with Gasteiger partial charge in [-0.2, -0.15) is 0 Å². The molecule has 1 aliphatic rings. The maximum absolute atomic E-state index is 12.6. The average Bonchev–Trinajstić information content (AvgIpc) is 3.22. The second kappa shape index (κ2) is 8.97. The van der Waals surface area contributed by atoms with Crippen molar-refractivity contribution in [2.24, 2.45) is 0 Å². The fourth-order valence-electron chi connectivity index (χ4n) is 3.97. The summed E-state index contributed by atoms with van der Waals surface area (Å²) >= 11 is 0. The van der Waals surface area contributed by atoms with Crippen LogP contribution in [0.3, 0.4) is 0 Å². The standard InChI is InChI=1S/C24H23N5O4/c1-16-13-17(5-7-25-16)22-23(29-8-2-6-26-24(29)27-22)18-3-4-20-19(14-18)28(21(31)15-33-20)9-11-32-12-10-30/h2-8,13-14,30H,9-12,15H2,1H3. The number of nitrogens with zero attached hydrogens (tertiary/aromatic N) is 5. The zero-order chi connectivity index (χ0) is 22.8. The third-order valence-electron chi connectivity index (χ3n) is 5.44. The summed E-state index contributed by atoms with van der Waals surface area (Å²) < 4.78 is 13.0. The molecule has 0 radical (unpaired) electrons. The number of pyridine rings is 1. The molecule has 5 rings (SSSR count). The van der Waals surface area contributed by atoms with E-state index >= 15 is 0 Å². The number of hydrogen-bond donors (Lipinski definition) is 1. The van der Waals surface area contributed by atoms with Crippen molar-refractivity contribution in [3.63, 3.8) is 0 Å². The SMILES string of the molecule is Cc1cc(-c2nc3ncccn3c2-c2ccc3c(c2)N(CCOCCO)C(=O)CO3)ccn1. The maximum Gasteiger partial charge on any atom is 0.265 e. The van der Waals surface area contributed by atoms with E-state index in [0.717, 1.165) is 28.2 Å². The van der Waals surface area contributed by atoms with Crippen molar-refractivity contribution in [3.05, 3.63) is 60.7 Å². The first-order chi connectivity index (χ1) is 16.2. The number of amides is 1. The highest BCUT2D eigenvalue weighted by atomic mass is 16.5. The van der Waals surface area contributed by atoms with Crippen LogP contribution in [-0.2, 0) is 9.53 Å². The number of benzene rings is 1. The Morgan fingerprint density at radius 2 is 2.03 bits per heavy atom. The number of fused-ring (bicyclic) bond motifs is 2. The van der Waals surface area contributed by atoms with E-state index in [1.165, 1.54) is 0 Å². The number of anilines is 1. The van der Waals surface area contributed by atoms with Crippen molar-refractivity contribution in [3.8, 4) is 28.3 Å². The Hall–Kier alpha value is -3.82. The van der Waals surface area contributed by atoms with Crippen molar-refractivity contribution >= 4 is 17.4 Å². The number of carbonyl (C=O) groups is 1. The van der Waals surface area contributed by atoms with Gasteiger partial charge in [-0.05, 0) is 43.3 Å². The van der Waals surface area contributed by atoms with Crippen LogP contribution in [0.1, 0.15) is 5.69 Å². The molecule has 0 saturated heterocycles. The smallest absolute Gasteiger partial charge is 0.265 e. The number of rotatable bonds is 7. The second-order valence-electron chi connectivity index (χ2n) is 7.64. The van der Waals surface area contributed by atoms with Crippen LogP contribution in [0.15, 0.2) is 55.0 Å². The van der Waals surface area contributed by atoms with Gasteiger partial charge < -0.3 is 19.5 Å². The first-order valence-electron chi connectivity index (χ1n) is 10.7. The molecule has 0 bridgehead atoms. The summed E-state index contributed by atoms with van der Waals surface area (Å²) in [5.41, 5.74) is 5.01. The van der Waals surface area contributed by atoms with Gasteiger partial charge in [-0.25, -0.2) is 9.97 Å². The monoisotopic (exact) mass is 445 g/mol. The molecule has 1 aromatic carbocycles. The largest absolute Gasteiger partial charge is 0.482 e. The number of imidazole rings is 1. The highest BCUT2D eigenvalue weighted by Gasteiger charge is 2.27. The molecule has 4 heterocycles. The summed E-state index contributed by atoms with van der Waals surface area (Å²) in [5.74, 6) is 1.07. The lowest BCUT2D eigenvalue weighted by Gasteiger charge is -2.29. The van der Waals surface area contributed by atoms with Crippen LogP contribution < -0.4 is 9.64 Å². The van der Waals surface area contributed by atoms with Crippen LogP contribution in [-0.4, -0.2) is 63.3 Å². The number of ether oxygens (including phenoxy) is 2. The molecule has 0 spiro atoms. The zero-order valence-corrected chi connectivity index (χ0v) is 18.1. The van der Waals surface area contributed by atoms with Gasteiger partial charge in [0, 0.05) is 42.0 Å². The molecule has 9 nitrogen and oxygen atoms in total. The van der Waals surface area contributed by atoms with E-state index < -0.39 is 0 Å². The summed E-state index contributed by atoms with van der Waals surface area (Å²) in [7, 11) is 0. The van der Waals surface area contributed by atoms with Gasteiger partial charge in [-0.3, -0.25) is 14.2 Å². The molecule has 9 heteroatoms. The minimum Gasteiger partial charge on any atom is -0.482 e. The topological polar surface area (TPSA) is 102 Å². The van der Waals surface area contributed by atoms with Crippen LogP contribution in [0.4, 0.5) is 5.69 Å². The predicted octanol–water partition coefficient (Wildman–Crippen LogP) is 2.50. The quantitative estimate of drug-likeness (QED) is 0.436. The van der Waals surface area contributed by atoms with E-state index in [4.69, 9.17) is 19.6 Å². The highest BCUT2D eigenvalue weighted by molar-refractivity contribution is 5.99. The molecule has 0 unspecified atom stereocenters. The third kappa shape index (κ3) is 4.04. The lowest BCUT2D eigenvalue weighted by molar-refractivity contribution is -0.121. The summed E-state index contributed by atoms with van der Waals surface area (Å²) in [6.45, 7) is 2.77. The number of aryl methyl sites for hydroxylation is 1. The molecule has 0 atom stereocenters. The highest BCUT2D eigenvalue weighted by Crippen LogP contribution is 2.39. The van der Waals surface area contributed by atoms with Gasteiger partial charge in [0.05, 0.1) is 36.9 Å². The van der Waals surface area contributed by atoms with Gasteiger partial charge in [-0.15, -0.1) is 0 Å². The minimum atomic E-state index is -0.142. The molecule has 1 aliphatic heterocycles. The molecule has 0 fully saturated rings. The fourth-order valence-corrected chi connectivity index (χ4v) is 3.97. The predicted molar refractivity (Wildman–Crippen MR) is 122 cm³/mol. The van der Waals surface area contributed by atoms with Gasteiger partial charge in [0.1, 0.15) is 5.75 Å². The van der Waals surface area contributed by atoms with E-state index in [0.29, 0.717) is 30.4 Å². The van der Waals surface area contributed by atoms with Gasteiger partial charge >= 0.3 is 0 Å². The first-order valence-corrected chi connectivity index (χ1v) is 10.7. The molecule has 33 heavy (non-hydrogen) atoms. The van der Waals surface area contributed by atoms with E-state index in [-0.39, 0.29) is 25.7 Å². The number of aliphatic hydroxyl groups is 1. The van der Waals surface area contributed by atoms with Crippen LogP contribution >= 0.6 is 0 Å². The van der Waals surface area contributed by atoms with Gasteiger partial charge in [0.15, 0.2) is 6.61 Å². The Labute approximate surface area is 190 Å². The Bertz CT molecular complexity index is 1320. The van der Waals surface area contributed by atoms with E-state index in [9.17, 15) is 4.79 Å². The van der Waals surface area contributed by atoms with Crippen molar-refractivity contribution < 1.29 is 19.4 Å². The molecular formula is C24H23N5O4. The van der Waals surface area contributed by atoms with Gasteiger partial charge in [0.2, 0.25) is 5.78 Å².